The van der Waals surface area contributed by atoms with Gasteiger partial charge >= 0.3 is 35.2 Å². The Labute approximate surface area is 502 Å². The summed E-state index contributed by atoms with van der Waals surface area (Å²) in [6, 6.07) is 0. The van der Waals surface area contributed by atoms with E-state index in [1.165, 1.54) is 41.9 Å². The highest BCUT2D eigenvalue weighted by Crippen LogP contribution is 2.69. The van der Waals surface area contributed by atoms with Crippen molar-refractivity contribution < 1.29 is 53.1 Å². The molecule has 32 heteroatoms. The number of hydrogen-bond donors (Lipinski definition) is 0. The van der Waals surface area contributed by atoms with Crippen molar-refractivity contribution in [1.29, 1.82) is 0 Å². The van der Waals surface area contributed by atoms with Gasteiger partial charge in [-0.05, 0) is 203 Å². The summed E-state index contributed by atoms with van der Waals surface area (Å²) in [5.41, 5.74) is 0. The molecule has 0 unspecified atom stereocenters. The van der Waals surface area contributed by atoms with Crippen molar-refractivity contribution in [3.05, 3.63) is 9.81 Å². The average molecular weight is 1380 g/mol. The van der Waals surface area contributed by atoms with Crippen LogP contribution in [0.25, 0.3) is 0 Å². The summed E-state index contributed by atoms with van der Waals surface area (Å²) in [5, 5.41) is 2.72. The van der Waals surface area contributed by atoms with Gasteiger partial charge in [-0.25, -0.2) is 0 Å². The molecular weight excluding hydrogens is 1300 g/mol. The van der Waals surface area contributed by atoms with E-state index in [1.54, 1.807) is 62.8 Å². The van der Waals surface area contributed by atoms with Crippen molar-refractivity contribution in [3.8, 4) is 0 Å². The van der Waals surface area contributed by atoms with E-state index in [2.05, 4.69) is 0 Å². The molecule has 0 fully saturated rings. The second-order valence-corrected chi connectivity index (χ2v) is 51.0. The summed E-state index contributed by atoms with van der Waals surface area (Å²) >= 11 is 0. The van der Waals surface area contributed by atoms with Crippen molar-refractivity contribution in [2.75, 3.05) is 101 Å². The summed E-state index contributed by atoms with van der Waals surface area (Å²) < 4.78 is 74.7. The van der Waals surface area contributed by atoms with Gasteiger partial charge < -0.3 is 53.1 Å². The molecule has 0 heterocycles. The minimum Gasteiger partial charge on any atom is -0.373 e. The van der Waals surface area contributed by atoms with Crippen molar-refractivity contribution >= 4 is 200 Å². The first-order valence-electron chi connectivity index (χ1n) is 25.0. The van der Waals surface area contributed by atoms with Crippen molar-refractivity contribution in [2.24, 2.45) is 0 Å². The molecule has 0 aromatic heterocycles. The van der Waals surface area contributed by atoms with Gasteiger partial charge in [0.05, 0.1) is 21.5 Å². The molecule has 430 valence electrons. The van der Waals surface area contributed by atoms with Gasteiger partial charge in [0.15, 0.2) is 0 Å². The summed E-state index contributed by atoms with van der Waals surface area (Å²) in [7, 11) is 18.4. The third kappa shape index (κ3) is 32.1. The molecule has 0 aromatic rings. The van der Waals surface area contributed by atoms with Crippen LogP contribution in [0.15, 0.2) is 9.81 Å². The average Bonchev–Trinajstić information content (AvgIpc) is 3.34. The molecule has 0 radical (unpaired) electrons. The lowest BCUT2D eigenvalue weighted by Gasteiger charge is -2.35. The highest BCUT2D eigenvalue weighted by atomic mass is 33.7. The Morgan fingerprint density at radius 1 is 0.319 bits per heavy atom. The van der Waals surface area contributed by atoms with E-state index in [9.17, 15) is 0 Å². The van der Waals surface area contributed by atoms with Crippen LogP contribution in [-0.2, 0) is 53.1 Å². The second-order valence-electron chi connectivity index (χ2n) is 14.3. The molecule has 0 saturated heterocycles. The molecule has 1 aliphatic carbocycles. The molecule has 0 aliphatic heterocycles. The van der Waals surface area contributed by atoms with Crippen LogP contribution < -0.4 is 0 Å². The minimum absolute atomic E-state index is 0.288. The molecule has 72 heavy (non-hydrogen) atoms. The molecule has 12 nitrogen and oxygen atoms in total. The summed E-state index contributed by atoms with van der Waals surface area (Å²) in [6.07, 6.45) is 10.6. The molecule has 0 amide bonds. The first-order chi connectivity index (χ1) is 35.0. The molecule has 0 atom stereocenters. The van der Waals surface area contributed by atoms with E-state index >= 15 is 0 Å². The van der Waals surface area contributed by atoms with E-state index in [4.69, 9.17) is 53.1 Å². The molecule has 0 bridgehead atoms. The van der Waals surface area contributed by atoms with Crippen LogP contribution in [0.2, 0.25) is 0 Å². The number of hydrogen-bond acceptors (Lipinski definition) is 28. The van der Waals surface area contributed by atoms with E-state index in [0.29, 0.717) is 101 Å². The van der Waals surface area contributed by atoms with Crippen LogP contribution in [0.3, 0.4) is 0 Å². The van der Waals surface area contributed by atoms with Crippen molar-refractivity contribution in [2.45, 2.75) is 145 Å². The van der Waals surface area contributed by atoms with Crippen LogP contribution in [-0.4, -0.2) is 140 Å². The highest BCUT2D eigenvalue weighted by Gasteiger charge is 2.45. The van der Waals surface area contributed by atoms with Crippen molar-refractivity contribution in [3.63, 3.8) is 0 Å². The Bertz CT molecular complexity index is 1230. The van der Waals surface area contributed by atoms with Crippen LogP contribution in [0, 0.1) is 0 Å². The monoisotopic (exact) mass is 1380 g/mol. The van der Waals surface area contributed by atoms with Crippen molar-refractivity contribution in [1.82, 2.24) is 0 Å². The summed E-state index contributed by atoms with van der Waals surface area (Å²) in [6.45, 7) is 31.0. The van der Waals surface area contributed by atoms with Gasteiger partial charge in [-0.3, -0.25) is 0 Å². The molecule has 0 saturated carbocycles. The fourth-order valence-electron chi connectivity index (χ4n) is 6.67. The lowest BCUT2D eigenvalue weighted by Crippen LogP contribution is -2.49. The summed E-state index contributed by atoms with van der Waals surface area (Å²) in [4.78, 5) is 2.88. The fraction of sp³-hybridized carbons (Fsp3) is 0.950. The number of allylic oxidation sites excluding steroid dienone is 1. The zero-order chi connectivity index (χ0) is 53.1. The Morgan fingerprint density at radius 3 is 0.889 bits per heavy atom. The van der Waals surface area contributed by atoms with Gasteiger partial charge in [-0.1, -0.05) is 103 Å². The third-order valence-electron chi connectivity index (χ3n) is 9.22. The molecule has 1 aliphatic rings. The standard InChI is InChI=1S/C40H86O12S16Si4/c1-13-41-69(42-14-2,43-15-3)34-53-61-65-57-38-32-30-28-26-25-27-29-31-33-40(59-67-63-55-36-71(47-19-7,48-20-8)49-21-9,60-68-64-56-37-72(50-22-10,51-23-11)52-24-12)39(38)58-66-62-54-35-70(44-16-4,45-17-5)46-18-6/h13-37H2,1-12H3/b39-38-. The molecule has 0 aromatic carbocycles. The van der Waals surface area contributed by atoms with Gasteiger partial charge in [-0.2, -0.15) is 0 Å². The van der Waals surface area contributed by atoms with E-state index in [0.717, 1.165) is 25.7 Å². The molecule has 0 N–H and O–H groups in total. The van der Waals surface area contributed by atoms with Crippen LogP contribution >= 0.6 is 165 Å². The van der Waals surface area contributed by atoms with Gasteiger partial charge in [-0.15, -0.1) is 0 Å². The molecular formula is C40H86O12S16Si4. The van der Waals surface area contributed by atoms with Gasteiger partial charge in [0.25, 0.3) is 0 Å². The summed E-state index contributed by atoms with van der Waals surface area (Å²) in [5.74, 6) is 0. The zero-order valence-electron chi connectivity index (χ0n) is 44.6. The third-order valence-corrected chi connectivity index (χ3v) is 54.2. The first kappa shape index (κ1) is 75.7. The van der Waals surface area contributed by atoms with Crippen LogP contribution in [0.4, 0.5) is 0 Å². The maximum atomic E-state index is 6.26. The van der Waals surface area contributed by atoms with Gasteiger partial charge in [0.2, 0.25) is 0 Å². The zero-order valence-corrected chi connectivity index (χ0v) is 61.7. The lowest BCUT2D eigenvalue weighted by molar-refractivity contribution is 0.0765. The first-order valence-corrected chi connectivity index (χ1v) is 52.7. The SMILES string of the molecule is CCO[Si](CSSSS/C1=C(\SSSSC[Si](OCC)(OCC)OCC)C(SSSSC[Si](OCC)(OCC)OCC)(SSSSC[Si](OCC)(OCC)OCC)CCCCCCCCC1)(OCC)OCC. The predicted octanol–water partition coefficient (Wildman–Crippen LogP) is 18.5. The topological polar surface area (TPSA) is 111 Å². The Kier molecular flexibility index (Phi) is 51.6. The largest absolute Gasteiger partial charge is 0.512 e. The van der Waals surface area contributed by atoms with E-state index in [1.807, 2.05) is 185 Å². The van der Waals surface area contributed by atoms with Crippen LogP contribution in [0.1, 0.15) is 141 Å². The second kappa shape index (κ2) is 49.0. The lowest BCUT2D eigenvalue weighted by atomic mass is 10.0. The molecule has 0 spiro atoms. The maximum Gasteiger partial charge on any atom is 0.512 e. The normalized spacial score (nSPS) is 16.8. The Balaban J connectivity index is 3.86. The van der Waals surface area contributed by atoms with E-state index in [-0.39, 0.29) is 4.08 Å². The quantitative estimate of drug-likeness (QED) is 0.0249. The predicted molar refractivity (Wildman–Crippen MR) is 355 cm³/mol. The number of rotatable bonds is 48. The Hall–Kier alpha value is 5.73. The van der Waals surface area contributed by atoms with Gasteiger partial charge in [0.1, 0.15) is 4.08 Å². The molecule has 1 rings (SSSR count). The Morgan fingerprint density at radius 2 is 0.583 bits per heavy atom. The van der Waals surface area contributed by atoms with Crippen LogP contribution in [0.5, 0.6) is 0 Å². The highest BCUT2D eigenvalue weighted by molar-refractivity contribution is 9.30. The van der Waals surface area contributed by atoms with Gasteiger partial charge in [0, 0.05) is 89.1 Å². The maximum absolute atomic E-state index is 6.26. The van der Waals surface area contributed by atoms with E-state index < -0.39 is 35.2 Å². The fourth-order valence-corrected chi connectivity index (χ4v) is 56.1. The minimum atomic E-state index is -2.83. The smallest absolute Gasteiger partial charge is 0.373 e.